The van der Waals surface area contributed by atoms with Crippen LogP contribution < -0.4 is 5.32 Å². The van der Waals surface area contributed by atoms with E-state index in [1.807, 2.05) is 20.1 Å². The summed E-state index contributed by atoms with van der Waals surface area (Å²) in [5, 5.41) is 11.5. The Balaban J connectivity index is 3.91. The van der Waals surface area contributed by atoms with E-state index in [2.05, 4.69) is 5.32 Å². The van der Waals surface area contributed by atoms with Crippen LogP contribution in [0.4, 0.5) is 0 Å². The number of nitrogens with one attached hydrogen (secondary N) is 1. The molecule has 0 saturated carbocycles. The summed E-state index contributed by atoms with van der Waals surface area (Å²) in [4.78, 5) is 22.5. The van der Waals surface area contributed by atoms with Crippen LogP contribution in [-0.2, 0) is 9.59 Å². The monoisotopic (exact) mass is 261 g/mol. The molecule has 0 radical (unpaired) electrons. The lowest BCUT2D eigenvalue weighted by atomic mass is 10.0. The maximum absolute atomic E-state index is 11.5. The van der Waals surface area contributed by atoms with E-state index in [1.54, 1.807) is 11.8 Å². The smallest absolute Gasteiger partial charge is 0.326 e. The molecule has 0 aromatic rings. The highest BCUT2D eigenvalue weighted by Crippen LogP contribution is 2.06. The van der Waals surface area contributed by atoms with Gasteiger partial charge in [0.1, 0.15) is 6.04 Å². The molecule has 17 heavy (non-hydrogen) atoms. The average Bonchev–Trinajstić information content (AvgIpc) is 2.22. The fourth-order valence-corrected chi connectivity index (χ4v) is 1.98. The summed E-state index contributed by atoms with van der Waals surface area (Å²) in [5.74, 6) is 0.199. The summed E-state index contributed by atoms with van der Waals surface area (Å²) in [5.41, 5.74) is 0. The molecular weight excluding hydrogens is 238 g/mol. The molecule has 0 fully saturated rings. The standard InChI is InChI=1S/C12H23NO3S/c1-9(2)8-10(12(15)16)13-11(14)6-4-5-7-17-3/h9-10H,4-8H2,1-3H3,(H,13,14)(H,15,16)/t10-/m0/s1. The first-order chi connectivity index (χ1) is 7.97. The molecular formula is C12H23NO3S. The number of rotatable bonds is 9. The molecule has 0 bridgehead atoms. The summed E-state index contributed by atoms with van der Waals surface area (Å²) < 4.78 is 0. The van der Waals surface area contributed by atoms with Gasteiger partial charge in [0.15, 0.2) is 0 Å². The van der Waals surface area contributed by atoms with Gasteiger partial charge in [-0.15, -0.1) is 0 Å². The van der Waals surface area contributed by atoms with Gasteiger partial charge in [-0.25, -0.2) is 4.79 Å². The summed E-state index contributed by atoms with van der Waals surface area (Å²) in [6.45, 7) is 3.89. The predicted molar refractivity (Wildman–Crippen MR) is 71.3 cm³/mol. The molecule has 0 aromatic carbocycles. The molecule has 0 aliphatic rings. The van der Waals surface area contributed by atoms with Gasteiger partial charge in [-0.2, -0.15) is 11.8 Å². The molecule has 0 aliphatic carbocycles. The van der Waals surface area contributed by atoms with Crippen LogP contribution in [0, 0.1) is 5.92 Å². The Morgan fingerprint density at radius 2 is 1.94 bits per heavy atom. The molecule has 1 atom stereocenters. The largest absolute Gasteiger partial charge is 0.480 e. The lowest BCUT2D eigenvalue weighted by Crippen LogP contribution is -2.41. The van der Waals surface area contributed by atoms with Gasteiger partial charge in [-0.3, -0.25) is 4.79 Å². The Labute approximate surface area is 108 Å². The summed E-state index contributed by atoms with van der Waals surface area (Å²) in [6, 6.07) is -0.747. The number of carbonyl (C=O) groups is 2. The summed E-state index contributed by atoms with van der Waals surface area (Å²) >= 11 is 1.75. The maximum atomic E-state index is 11.5. The number of aliphatic carboxylic acids is 1. The number of carbonyl (C=O) groups excluding carboxylic acids is 1. The first-order valence-electron chi connectivity index (χ1n) is 5.98. The van der Waals surface area contributed by atoms with Crippen LogP contribution in [0.25, 0.3) is 0 Å². The fraction of sp³-hybridized carbons (Fsp3) is 0.833. The van der Waals surface area contributed by atoms with Crippen LogP contribution in [0.5, 0.6) is 0 Å². The lowest BCUT2D eigenvalue weighted by Gasteiger charge is -2.16. The Morgan fingerprint density at radius 1 is 1.29 bits per heavy atom. The molecule has 0 spiro atoms. The molecule has 4 nitrogen and oxygen atoms in total. The topological polar surface area (TPSA) is 66.4 Å². The quantitative estimate of drug-likeness (QED) is 0.624. The normalized spacial score (nSPS) is 12.5. The van der Waals surface area contributed by atoms with Gasteiger partial charge in [0.25, 0.3) is 0 Å². The number of hydrogen-bond donors (Lipinski definition) is 2. The molecule has 2 N–H and O–H groups in total. The van der Waals surface area contributed by atoms with Gasteiger partial charge >= 0.3 is 5.97 Å². The molecule has 1 amide bonds. The molecule has 5 heteroatoms. The van der Waals surface area contributed by atoms with Crippen LogP contribution >= 0.6 is 11.8 Å². The van der Waals surface area contributed by atoms with E-state index in [-0.39, 0.29) is 11.8 Å². The Kier molecular flexibility index (Phi) is 8.94. The number of amides is 1. The first-order valence-corrected chi connectivity index (χ1v) is 7.37. The third-order valence-electron chi connectivity index (χ3n) is 2.34. The van der Waals surface area contributed by atoms with Crippen LogP contribution in [0.3, 0.4) is 0 Å². The van der Waals surface area contributed by atoms with Crippen molar-refractivity contribution in [3.63, 3.8) is 0 Å². The lowest BCUT2D eigenvalue weighted by molar-refractivity contribution is -0.142. The van der Waals surface area contributed by atoms with Crippen molar-refractivity contribution in [1.29, 1.82) is 0 Å². The fourth-order valence-electron chi connectivity index (χ4n) is 1.49. The van der Waals surface area contributed by atoms with Gasteiger partial charge in [0, 0.05) is 6.42 Å². The van der Waals surface area contributed by atoms with Crippen molar-refractivity contribution in [3.05, 3.63) is 0 Å². The number of thioether (sulfide) groups is 1. The summed E-state index contributed by atoms with van der Waals surface area (Å²) in [6.07, 6.45) is 4.74. The van der Waals surface area contributed by atoms with E-state index in [0.717, 1.165) is 18.6 Å². The van der Waals surface area contributed by atoms with Crippen LogP contribution in [-0.4, -0.2) is 35.0 Å². The highest BCUT2D eigenvalue weighted by Gasteiger charge is 2.20. The van der Waals surface area contributed by atoms with Gasteiger partial charge in [0.2, 0.25) is 5.91 Å². The SMILES string of the molecule is CSCCCCC(=O)N[C@@H](CC(C)C)C(=O)O. The van der Waals surface area contributed by atoms with Crippen molar-refractivity contribution in [2.45, 2.75) is 45.6 Å². The number of hydrogen-bond acceptors (Lipinski definition) is 3. The minimum Gasteiger partial charge on any atom is -0.480 e. The molecule has 0 heterocycles. The third kappa shape index (κ3) is 9.03. The third-order valence-corrected chi connectivity index (χ3v) is 3.04. The minimum atomic E-state index is -0.948. The van der Waals surface area contributed by atoms with E-state index < -0.39 is 12.0 Å². The van der Waals surface area contributed by atoms with Crippen molar-refractivity contribution in [2.24, 2.45) is 5.92 Å². The Morgan fingerprint density at radius 3 is 2.41 bits per heavy atom. The van der Waals surface area contributed by atoms with E-state index >= 15 is 0 Å². The second-order valence-corrected chi connectivity index (χ2v) is 5.52. The van der Waals surface area contributed by atoms with E-state index in [4.69, 9.17) is 5.11 Å². The van der Waals surface area contributed by atoms with Crippen LogP contribution in [0.15, 0.2) is 0 Å². The molecule has 0 aromatic heterocycles. The highest BCUT2D eigenvalue weighted by molar-refractivity contribution is 7.98. The molecule has 100 valence electrons. The zero-order valence-corrected chi connectivity index (χ0v) is 11.7. The second kappa shape index (κ2) is 9.33. The van der Waals surface area contributed by atoms with E-state index in [0.29, 0.717) is 12.8 Å². The van der Waals surface area contributed by atoms with Gasteiger partial charge in [-0.1, -0.05) is 13.8 Å². The Bertz CT molecular complexity index is 244. The predicted octanol–water partition coefficient (Wildman–Crippen LogP) is 2.14. The molecule has 0 saturated heterocycles. The van der Waals surface area contributed by atoms with Crippen molar-refractivity contribution in [3.8, 4) is 0 Å². The minimum absolute atomic E-state index is 0.154. The number of carboxylic acids is 1. The Hall–Kier alpha value is -0.710. The second-order valence-electron chi connectivity index (χ2n) is 4.54. The van der Waals surface area contributed by atoms with Crippen molar-refractivity contribution in [2.75, 3.05) is 12.0 Å². The zero-order valence-electron chi connectivity index (χ0n) is 10.9. The van der Waals surface area contributed by atoms with Crippen LogP contribution in [0.1, 0.15) is 39.5 Å². The number of carboxylic acid groups (broad SMARTS) is 1. The van der Waals surface area contributed by atoms with E-state index in [1.165, 1.54) is 0 Å². The van der Waals surface area contributed by atoms with Gasteiger partial charge in [0.05, 0.1) is 0 Å². The number of unbranched alkanes of at least 4 members (excludes halogenated alkanes) is 1. The maximum Gasteiger partial charge on any atom is 0.326 e. The molecule has 0 aliphatic heterocycles. The van der Waals surface area contributed by atoms with Crippen LogP contribution in [0.2, 0.25) is 0 Å². The highest BCUT2D eigenvalue weighted by atomic mass is 32.2. The van der Waals surface area contributed by atoms with E-state index in [9.17, 15) is 9.59 Å². The van der Waals surface area contributed by atoms with Gasteiger partial charge < -0.3 is 10.4 Å². The first kappa shape index (κ1) is 16.3. The average molecular weight is 261 g/mol. The van der Waals surface area contributed by atoms with Gasteiger partial charge in [-0.05, 0) is 37.2 Å². The molecule has 0 rings (SSSR count). The van der Waals surface area contributed by atoms with Crippen molar-refractivity contribution < 1.29 is 14.7 Å². The van der Waals surface area contributed by atoms with Crippen molar-refractivity contribution >= 4 is 23.6 Å². The molecule has 0 unspecified atom stereocenters. The van der Waals surface area contributed by atoms with Crippen molar-refractivity contribution in [1.82, 2.24) is 5.32 Å². The summed E-state index contributed by atoms with van der Waals surface area (Å²) in [7, 11) is 0. The zero-order chi connectivity index (χ0) is 13.3.